The van der Waals surface area contributed by atoms with Gasteiger partial charge in [-0.3, -0.25) is 4.79 Å². The lowest BCUT2D eigenvalue weighted by Gasteiger charge is -2.24. The Hall–Kier alpha value is -1.86. The molecule has 0 bridgehead atoms. The number of rotatable bonds is 8. The summed E-state index contributed by atoms with van der Waals surface area (Å²) in [5, 5.41) is 4.84. The Bertz CT molecular complexity index is 698. The fraction of sp³-hybridized carbons (Fsp3) is 0.389. The summed E-state index contributed by atoms with van der Waals surface area (Å²) in [7, 11) is 0. The van der Waals surface area contributed by atoms with E-state index in [2.05, 4.69) is 10.3 Å². The smallest absolute Gasteiger partial charge is 0.338 e. The molecule has 0 fully saturated rings. The number of esters is 1. The second-order valence-corrected chi connectivity index (χ2v) is 7.92. The van der Waals surface area contributed by atoms with Gasteiger partial charge in [0.25, 0.3) is 5.91 Å². The zero-order chi connectivity index (χ0) is 18.3. The number of hydrogen-bond donors (Lipinski definition) is 1. The average Bonchev–Trinajstić information content (AvgIpc) is 3.11. The van der Waals surface area contributed by atoms with Gasteiger partial charge in [0.05, 0.1) is 16.8 Å². The largest absolute Gasteiger partial charge is 0.452 e. The summed E-state index contributed by atoms with van der Waals surface area (Å²) in [6, 6.07) is 7.15. The van der Waals surface area contributed by atoms with Crippen LogP contribution in [0.15, 0.2) is 40.1 Å². The maximum Gasteiger partial charge on any atom is 0.338 e. The number of nitrogens with one attached hydrogen (secondary N) is 1. The molecule has 25 heavy (non-hydrogen) atoms. The number of aromatic nitrogens is 1. The topological polar surface area (TPSA) is 68.3 Å². The summed E-state index contributed by atoms with van der Waals surface area (Å²) >= 11 is 3.23. The number of thioether (sulfide) groups is 1. The summed E-state index contributed by atoms with van der Waals surface area (Å²) in [4.78, 5) is 29.1. The highest BCUT2D eigenvalue weighted by atomic mass is 32.2. The van der Waals surface area contributed by atoms with Crippen LogP contribution in [0.2, 0.25) is 0 Å². The van der Waals surface area contributed by atoms with Crippen molar-refractivity contribution in [3.05, 3.63) is 46.4 Å². The third kappa shape index (κ3) is 6.51. The third-order valence-corrected chi connectivity index (χ3v) is 5.34. The average molecular weight is 379 g/mol. The van der Waals surface area contributed by atoms with Crippen LogP contribution in [-0.4, -0.2) is 29.0 Å². The van der Waals surface area contributed by atoms with E-state index in [9.17, 15) is 9.59 Å². The molecule has 1 N–H and O–H groups in total. The molecule has 0 saturated heterocycles. The Labute approximate surface area is 156 Å². The Morgan fingerprint density at radius 2 is 2.00 bits per heavy atom. The Balaban J connectivity index is 1.80. The van der Waals surface area contributed by atoms with Gasteiger partial charge in [0, 0.05) is 21.6 Å². The van der Waals surface area contributed by atoms with Crippen molar-refractivity contribution >= 4 is 35.0 Å². The minimum Gasteiger partial charge on any atom is -0.452 e. The standard InChI is InChI=1S/C18H22N2O3S2/c1-4-18(2,3)20-16(21)9-23-17(22)13-5-7-15(8-6-13)25-11-14-10-24-12-19-14/h5-8,10,12H,4,9,11H2,1-3H3,(H,20,21). The number of thiazole rings is 1. The van der Waals surface area contributed by atoms with E-state index >= 15 is 0 Å². The molecule has 0 aliphatic heterocycles. The molecular weight excluding hydrogens is 356 g/mol. The monoisotopic (exact) mass is 378 g/mol. The lowest BCUT2D eigenvalue weighted by Crippen LogP contribution is -2.44. The van der Waals surface area contributed by atoms with Crippen LogP contribution in [0.25, 0.3) is 0 Å². The molecule has 0 aliphatic rings. The van der Waals surface area contributed by atoms with E-state index in [4.69, 9.17) is 4.74 Å². The van der Waals surface area contributed by atoms with Crippen molar-refractivity contribution in [1.82, 2.24) is 10.3 Å². The summed E-state index contributed by atoms with van der Waals surface area (Å²) in [5.41, 5.74) is 2.98. The van der Waals surface area contributed by atoms with Gasteiger partial charge in [-0.25, -0.2) is 9.78 Å². The highest BCUT2D eigenvalue weighted by molar-refractivity contribution is 7.98. The molecule has 5 nitrogen and oxygen atoms in total. The molecule has 1 amide bonds. The summed E-state index contributed by atoms with van der Waals surface area (Å²) < 4.78 is 5.07. The first-order chi connectivity index (χ1) is 11.9. The molecule has 2 aromatic rings. The van der Waals surface area contributed by atoms with Crippen LogP contribution in [-0.2, 0) is 15.3 Å². The van der Waals surface area contributed by atoms with Crippen molar-refractivity contribution in [2.45, 2.75) is 43.4 Å². The summed E-state index contributed by atoms with van der Waals surface area (Å²) in [6.45, 7) is 5.56. The predicted molar refractivity (Wildman–Crippen MR) is 101 cm³/mol. The number of carbonyl (C=O) groups is 2. The lowest BCUT2D eigenvalue weighted by atomic mass is 10.0. The lowest BCUT2D eigenvalue weighted by molar-refractivity contribution is -0.125. The maximum atomic E-state index is 12.0. The van der Waals surface area contributed by atoms with Gasteiger partial charge in [-0.05, 0) is 44.5 Å². The van der Waals surface area contributed by atoms with E-state index in [0.717, 1.165) is 22.8 Å². The molecule has 0 unspecified atom stereocenters. The number of amides is 1. The Morgan fingerprint density at radius 3 is 2.60 bits per heavy atom. The molecule has 7 heteroatoms. The van der Waals surface area contributed by atoms with Crippen LogP contribution >= 0.6 is 23.1 Å². The molecule has 0 atom stereocenters. The molecule has 1 heterocycles. The van der Waals surface area contributed by atoms with E-state index in [1.807, 2.05) is 43.8 Å². The van der Waals surface area contributed by atoms with Crippen LogP contribution in [0.4, 0.5) is 0 Å². The molecule has 1 aromatic heterocycles. The Morgan fingerprint density at radius 1 is 1.28 bits per heavy atom. The molecular formula is C18H22N2O3S2. The number of nitrogens with zero attached hydrogens (tertiary/aromatic N) is 1. The highest BCUT2D eigenvalue weighted by Gasteiger charge is 2.19. The Kier molecular flexibility index (Phi) is 7.01. The third-order valence-electron chi connectivity index (χ3n) is 3.66. The second kappa shape index (κ2) is 9.01. The van der Waals surface area contributed by atoms with Crippen molar-refractivity contribution in [3.63, 3.8) is 0 Å². The van der Waals surface area contributed by atoms with Gasteiger partial charge in [0.15, 0.2) is 6.61 Å². The molecule has 0 spiro atoms. The van der Waals surface area contributed by atoms with Gasteiger partial charge >= 0.3 is 5.97 Å². The van der Waals surface area contributed by atoms with Crippen molar-refractivity contribution in [2.24, 2.45) is 0 Å². The van der Waals surface area contributed by atoms with E-state index in [0.29, 0.717) is 5.56 Å². The van der Waals surface area contributed by atoms with Crippen molar-refractivity contribution < 1.29 is 14.3 Å². The van der Waals surface area contributed by atoms with Crippen LogP contribution in [0.1, 0.15) is 43.2 Å². The van der Waals surface area contributed by atoms with Crippen molar-refractivity contribution in [1.29, 1.82) is 0 Å². The predicted octanol–water partition coefficient (Wildman–Crippen LogP) is 3.90. The highest BCUT2D eigenvalue weighted by Crippen LogP contribution is 2.23. The fourth-order valence-electron chi connectivity index (χ4n) is 1.87. The first-order valence-electron chi connectivity index (χ1n) is 7.97. The summed E-state index contributed by atoms with van der Waals surface area (Å²) in [5.74, 6) is -0.00290. The van der Waals surface area contributed by atoms with Crippen LogP contribution < -0.4 is 5.32 Å². The van der Waals surface area contributed by atoms with Gasteiger partial charge in [-0.1, -0.05) is 6.92 Å². The molecule has 0 saturated carbocycles. The summed E-state index contributed by atoms with van der Waals surface area (Å²) in [6.07, 6.45) is 0.798. The van der Waals surface area contributed by atoms with Gasteiger partial charge in [0.1, 0.15) is 0 Å². The van der Waals surface area contributed by atoms with Crippen LogP contribution in [0.5, 0.6) is 0 Å². The first kappa shape index (κ1) is 19.5. The van der Waals surface area contributed by atoms with E-state index in [1.165, 1.54) is 0 Å². The van der Waals surface area contributed by atoms with Crippen molar-refractivity contribution in [2.75, 3.05) is 6.61 Å². The molecule has 1 aromatic carbocycles. The maximum absolute atomic E-state index is 12.0. The number of carbonyl (C=O) groups excluding carboxylic acids is 2. The zero-order valence-electron chi connectivity index (χ0n) is 14.6. The first-order valence-corrected chi connectivity index (χ1v) is 9.90. The molecule has 0 aliphatic carbocycles. The SMILES string of the molecule is CCC(C)(C)NC(=O)COC(=O)c1ccc(SCc2cscn2)cc1. The molecule has 2 rings (SSSR count). The van der Waals surface area contributed by atoms with Crippen LogP contribution in [0.3, 0.4) is 0 Å². The fourth-order valence-corrected chi connectivity index (χ4v) is 3.33. The van der Waals surface area contributed by atoms with E-state index in [-0.39, 0.29) is 18.1 Å². The van der Waals surface area contributed by atoms with Crippen LogP contribution in [0, 0.1) is 0 Å². The molecule has 0 radical (unpaired) electrons. The quantitative estimate of drug-likeness (QED) is 0.557. The minimum absolute atomic E-state index is 0.275. The van der Waals surface area contributed by atoms with Crippen molar-refractivity contribution in [3.8, 4) is 0 Å². The van der Waals surface area contributed by atoms with Gasteiger partial charge in [-0.2, -0.15) is 0 Å². The minimum atomic E-state index is -0.500. The van der Waals surface area contributed by atoms with Gasteiger partial charge in [-0.15, -0.1) is 23.1 Å². The normalized spacial score (nSPS) is 11.2. The van der Waals surface area contributed by atoms with Gasteiger partial charge < -0.3 is 10.1 Å². The number of benzene rings is 1. The number of hydrogen-bond acceptors (Lipinski definition) is 6. The second-order valence-electron chi connectivity index (χ2n) is 6.15. The molecule has 134 valence electrons. The van der Waals surface area contributed by atoms with E-state index in [1.54, 1.807) is 35.2 Å². The van der Waals surface area contributed by atoms with Gasteiger partial charge in [0.2, 0.25) is 0 Å². The van der Waals surface area contributed by atoms with E-state index < -0.39 is 5.97 Å². The zero-order valence-corrected chi connectivity index (χ0v) is 16.2. The number of ether oxygens (including phenoxy) is 1.